The molecule has 23 heavy (non-hydrogen) atoms. The van der Waals surface area contributed by atoms with Crippen LogP contribution in [0.25, 0.3) is 0 Å². The maximum Gasteiger partial charge on any atom is 0.351 e. The molecular weight excluding hydrogens is 304 g/mol. The Labute approximate surface area is 133 Å². The van der Waals surface area contributed by atoms with Crippen LogP contribution in [0.15, 0.2) is 24.3 Å². The average molecular weight is 322 g/mol. The summed E-state index contributed by atoms with van der Waals surface area (Å²) in [6.07, 6.45) is -1.55. The minimum absolute atomic E-state index is 0.378. The van der Waals surface area contributed by atoms with Gasteiger partial charge in [-0.05, 0) is 26.0 Å². The van der Waals surface area contributed by atoms with Gasteiger partial charge < -0.3 is 19.5 Å². The summed E-state index contributed by atoms with van der Waals surface area (Å²) < 4.78 is 16.0. The van der Waals surface area contributed by atoms with Crippen molar-refractivity contribution >= 4 is 17.9 Å². The largest absolute Gasteiger partial charge is 0.482 e. The van der Waals surface area contributed by atoms with E-state index >= 15 is 0 Å². The van der Waals surface area contributed by atoms with E-state index in [9.17, 15) is 14.4 Å². The van der Waals surface area contributed by atoms with Gasteiger partial charge >= 0.3 is 12.0 Å². The Hall–Kier alpha value is -2.77. The molecule has 0 bridgehead atoms. The van der Waals surface area contributed by atoms with Crippen molar-refractivity contribution in [1.82, 2.24) is 10.6 Å². The van der Waals surface area contributed by atoms with Gasteiger partial charge in [0.1, 0.15) is 6.10 Å². The molecule has 0 spiro atoms. The van der Waals surface area contributed by atoms with Crippen molar-refractivity contribution < 1.29 is 28.6 Å². The van der Waals surface area contributed by atoms with Crippen molar-refractivity contribution in [3.8, 4) is 11.5 Å². The van der Waals surface area contributed by atoms with Gasteiger partial charge in [-0.2, -0.15) is 0 Å². The van der Waals surface area contributed by atoms with Gasteiger partial charge in [-0.15, -0.1) is 0 Å². The Morgan fingerprint density at radius 1 is 1.17 bits per heavy atom. The van der Waals surface area contributed by atoms with Crippen molar-refractivity contribution in [2.24, 2.45) is 0 Å². The summed E-state index contributed by atoms with van der Waals surface area (Å²) >= 11 is 0. The number of fused-ring (bicyclic) bond motifs is 1. The van der Waals surface area contributed by atoms with Crippen molar-refractivity contribution in [2.75, 3.05) is 13.2 Å². The van der Waals surface area contributed by atoms with Gasteiger partial charge in [0.25, 0.3) is 5.91 Å². The Kier molecular flexibility index (Phi) is 5.40. The van der Waals surface area contributed by atoms with Gasteiger partial charge in [-0.1, -0.05) is 12.1 Å². The number of carbonyl (C=O) groups excluding carboxylic acids is 3. The molecule has 3 amide bonds. The number of esters is 1. The van der Waals surface area contributed by atoms with Gasteiger partial charge in [-0.3, -0.25) is 10.1 Å². The monoisotopic (exact) mass is 322 g/mol. The fourth-order valence-electron chi connectivity index (χ4n) is 1.97. The summed E-state index contributed by atoms with van der Waals surface area (Å²) in [4.78, 5) is 34.7. The van der Waals surface area contributed by atoms with E-state index in [-0.39, 0.29) is 0 Å². The lowest BCUT2D eigenvalue weighted by Gasteiger charge is -2.30. The first-order valence-corrected chi connectivity index (χ1v) is 7.18. The molecule has 0 radical (unpaired) electrons. The Morgan fingerprint density at radius 2 is 1.83 bits per heavy atom. The number of hydrogen-bond acceptors (Lipinski definition) is 6. The number of para-hydroxylation sites is 2. The molecule has 0 fully saturated rings. The van der Waals surface area contributed by atoms with Crippen LogP contribution in [0.1, 0.15) is 13.8 Å². The lowest BCUT2D eigenvalue weighted by Crippen LogP contribution is -2.46. The summed E-state index contributed by atoms with van der Waals surface area (Å²) in [5, 5.41) is 4.42. The lowest BCUT2D eigenvalue weighted by atomic mass is 10.2. The fraction of sp³-hybridized carbons (Fsp3) is 0.400. The number of hydrogen-bond donors (Lipinski definition) is 2. The number of imide groups is 1. The van der Waals surface area contributed by atoms with Crippen LogP contribution >= 0.6 is 0 Å². The summed E-state index contributed by atoms with van der Waals surface area (Å²) in [6, 6.07) is 6.30. The van der Waals surface area contributed by atoms with Crippen LogP contribution in [-0.2, 0) is 14.3 Å². The molecule has 1 aromatic rings. The number of amides is 3. The third kappa shape index (κ3) is 4.35. The standard InChI is InChI=1S/C15H18N2O6/c1-3-16-15(20)17-12(18)8-21-14(19)13-9(2)22-10-6-4-5-7-11(10)23-13/h4-7,9,13H,3,8H2,1-2H3,(H2,16,17,18,20). The molecule has 2 atom stereocenters. The molecule has 0 saturated heterocycles. The van der Waals surface area contributed by atoms with Gasteiger partial charge in [0, 0.05) is 6.54 Å². The zero-order valence-corrected chi connectivity index (χ0v) is 12.8. The molecule has 1 aromatic carbocycles. The topological polar surface area (TPSA) is 103 Å². The first-order valence-electron chi connectivity index (χ1n) is 7.18. The fourth-order valence-corrected chi connectivity index (χ4v) is 1.97. The minimum Gasteiger partial charge on any atom is -0.482 e. The molecule has 1 heterocycles. The van der Waals surface area contributed by atoms with E-state index < -0.39 is 36.7 Å². The zero-order chi connectivity index (χ0) is 16.8. The highest BCUT2D eigenvalue weighted by Gasteiger charge is 2.35. The van der Waals surface area contributed by atoms with Crippen molar-refractivity contribution in [3.05, 3.63) is 24.3 Å². The molecule has 1 aliphatic heterocycles. The van der Waals surface area contributed by atoms with Gasteiger partial charge in [0.05, 0.1) is 0 Å². The van der Waals surface area contributed by atoms with Gasteiger partial charge in [0.15, 0.2) is 18.1 Å². The SMILES string of the molecule is CCNC(=O)NC(=O)COC(=O)C1Oc2ccccc2OC1C. The van der Waals surface area contributed by atoms with E-state index in [4.69, 9.17) is 14.2 Å². The highest BCUT2D eigenvalue weighted by atomic mass is 16.6. The molecule has 124 valence electrons. The van der Waals surface area contributed by atoms with E-state index in [0.29, 0.717) is 18.0 Å². The number of rotatable bonds is 4. The average Bonchev–Trinajstić information content (AvgIpc) is 2.52. The van der Waals surface area contributed by atoms with E-state index in [1.54, 1.807) is 38.1 Å². The van der Waals surface area contributed by atoms with Crippen LogP contribution in [0.3, 0.4) is 0 Å². The summed E-state index contributed by atoms with van der Waals surface area (Å²) in [6.45, 7) is 3.17. The molecule has 8 nitrogen and oxygen atoms in total. The number of carbonyl (C=O) groups is 3. The lowest BCUT2D eigenvalue weighted by molar-refractivity contribution is -0.160. The molecule has 0 aromatic heterocycles. The molecule has 1 aliphatic rings. The van der Waals surface area contributed by atoms with Crippen LogP contribution < -0.4 is 20.1 Å². The number of urea groups is 1. The van der Waals surface area contributed by atoms with E-state index in [0.717, 1.165) is 0 Å². The first-order chi connectivity index (χ1) is 11.0. The highest BCUT2D eigenvalue weighted by molar-refractivity contribution is 5.95. The number of benzene rings is 1. The first kappa shape index (κ1) is 16.6. The highest BCUT2D eigenvalue weighted by Crippen LogP contribution is 2.33. The van der Waals surface area contributed by atoms with Crippen LogP contribution in [0.5, 0.6) is 11.5 Å². The van der Waals surface area contributed by atoms with Crippen molar-refractivity contribution in [1.29, 1.82) is 0 Å². The normalized spacial score (nSPS) is 18.7. The molecule has 0 aliphatic carbocycles. The number of ether oxygens (including phenoxy) is 3. The van der Waals surface area contributed by atoms with E-state index in [2.05, 4.69) is 5.32 Å². The smallest absolute Gasteiger partial charge is 0.351 e. The van der Waals surface area contributed by atoms with Crippen LogP contribution in [0, 0.1) is 0 Å². The second-order valence-corrected chi connectivity index (χ2v) is 4.82. The Bertz CT molecular complexity index is 603. The molecule has 2 unspecified atom stereocenters. The second kappa shape index (κ2) is 7.48. The van der Waals surface area contributed by atoms with Crippen LogP contribution in [0.4, 0.5) is 4.79 Å². The molecule has 8 heteroatoms. The maximum atomic E-state index is 12.0. The van der Waals surface area contributed by atoms with Crippen LogP contribution in [-0.4, -0.2) is 43.3 Å². The van der Waals surface area contributed by atoms with E-state index in [1.165, 1.54) is 0 Å². The number of nitrogens with one attached hydrogen (secondary N) is 2. The van der Waals surface area contributed by atoms with Gasteiger partial charge in [-0.25, -0.2) is 9.59 Å². The second-order valence-electron chi connectivity index (χ2n) is 4.82. The van der Waals surface area contributed by atoms with Crippen molar-refractivity contribution in [3.63, 3.8) is 0 Å². The third-order valence-corrected chi connectivity index (χ3v) is 3.01. The predicted octanol–water partition coefficient (Wildman–Crippen LogP) is 0.604. The Balaban J connectivity index is 1.86. The summed E-state index contributed by atoms with van der Waals surface area (Å²) in [5.41, 5.74) is 0. The minimum atomic E-state index is -0.984. The molecule has 2 N–H and O–H groups in total. The predicted molar refractivity (Wildman–Crippen MR) is 79.1 cm³/mol. The van der Waals surface area contributed by atoms with Crippen LogP contribution in [0.2, 0.25) is 0 Å². The zero-order valence-electron chi connectivity index (χ0n) is 12.8. The van der Waals surface area contributed by atoms with Gasteiger partial charge in [0.2, 0.25) is 6.10 Å². The molecule has 0 saturated carbocycles. The van der Waals surface area contributed by atoms with Crippen molar-refractivity contribution in [2.45, 2.75) is 26.1 Å². The molecular formula is C15H18N2O6. The maximum absolute atomic E-state index is 12.0. The quantitative estimate of drug-likeness (QED) is 0.787. The Morgan fingerprint density at radius 3 is 2.48 bits per heavy atom. The summed E-state index contributed by atoms with van der Waals surface area (Å²) in [7, 11) is 0. The molecule has 2 rings (SSSR count). The summed E-state index contributed by atoms with van der Waals surface area (Å²) in [5.74, 6) is -0.496. The van der Waals surface area contributed by atoms with E-state index in [1.807, 2.05) is 5.32 Å². The third-order valence-electron chi connectivity index (χ3n) is 3.01.